The highest BCUT2D eigenvalue weighted by atomic mass is 15.0. The highest BCUT2D eigenvalue weighted by molar-refractivity contribution is 5.83. The number of fused-ring (bicyclic) bond motifs is 1. The Morgan fingerprint density at radius 2 is 1.90 bits per heavy atom. The molecule has 0 bridgehead atoms. The molecule has 4 heteroatoms. The Hall–Kier alpha value is -2.49. The van der Waals surface area contributed by atoms with Crippen LogP contribution in [0.1, 0.15) is 18.3 Å². The number of nitrogens with zero attached hydrogens (tertiary/aromatic N) is 3. The number of nitrogens with one attached hydrogen (secondary N) is 1. The summed E-state index contributed by atoms with van der Waals surface area (Å²) in [6.07, 6.45) is 1.88. The third-order valence-electron chi connectivity index (χ3n) is 3.47. The Morgan fingerprint density at radius 3 is 2.71 bits per heavy atom. The molecule has 106 valence electrons. The molecule has 0 saturated heterocycles. The van der Waals surface area contributed by atoms with Gasteiger partial charge in [0.05, 0.1) is 11.2 Å². The van der Waals surface area contributed by atoms with E-state index >= 15 is 0 Å². The van der Waals surface area contributed by atoms with Gasteiger partial charge in [0.15, 0.2) is 0 Å². The molecule has 3 aromatic rings. The van der Waals surface area contributed by atoms with Crippen LogP contribution < -0.4 is 5.32 Å². The summed E-state index contributed by atoms with van der Waals surface area (Å²) >= 11 is 0. The lowest BCUT2D eigenvalue weighted by Crippen LogP contribution is -2.06. The monoisotopic (exact) mass is 278 g/mol. The minimum atomic E-state index is 0.764. The molecule has 3 rings (SSSR count). The van der Waals surface area contributed by atoms with Crippen molar-refractivity contribution in [3.05, 3.63) is 47.9 Å². The average Bonchev–Trinajstić information content (AvgIpc) is 2.50. The molecule has 2 aromatic heterocycles. The zero-order valence-corrected chi connectivity index (χ0v) is 12.5. The fourth-order valence-corrected chi connectivity index (χ4v) is 2.45. The van der Waals surface area contributed by atoms with Gasteiger partial charge in [0.25, 0.3) is 0 Å². The van der Waals surface area contributed by atoms with Crippen molar-refractivity contribution in [2.24, 2.45) is 0 Å². The maximum atomic E-state index is 4.60. The number of hydrogen-bond donors (Lipinski definition) is 1. The standard InChI is InChI=1S/C17H18N4/c1-4-18-17-11(2)16(20-12(3)21-17)14-9-13-7-5-6-8-15(13)19-10-14/h5-10H,4H2,1-3H3,(H,18,20,21). The average molecular weight is 278 g/mol. The number of pyridine rings is 1. The van der Waals surface area contributed by atoms with Crippen LogP contribution in [0.4, 0.5) is 5.82 Å². The molecule has 0 radical (unpaired) electrons. The molecule has 0 atom stereocenters. The first-order valence-corrected chi connectivity index (χ1v) is 7.13. The van der Waals surface area contributed by atoms with Gasteiger partial charge in [0.1, 0.15) is 11.6 Å². The maximum absolute atomic E-state index is 4.60. The molecule has 0 unspecified atom stereocenters. The fraction of sp³-hybridized carbons (Fsp3) is 0.235. The van der Waals surface area contributed by atoms with Crippen LogP contribution >= 0.6 is 0 Å². The van der Waals surface area contributed by atoms with E-state index in [4.69, 9.17) is 0 Å². The van der Waals surface area contributed by atoms with Crippen molar-refractivity contribution < 1.29 is 0 Å². The zero-order valence-electron chi connectivity index (χ0n) is 12.5. The van der Waals surface area contributed by atoms with Gasteiger partial charge in [-0.15, -0.1) is 0 Å². The first kappa shape index (κ1) is 13.5. The van der Waals surface area contributed by atoms with Crippen LogP contribution in [0.25, 0.3) is 22.2 Å². The summed E-state index contributed by atoms with van der Waals surface area (Å²) in [5, 5.41) is 4.41. The number of para-hydroxylation sites is 1. The van der Waals surface area contributed by atoms with Crippen LogP contribution in [-0.2, 0) is 0 Å². The summed E-state index contributed by atoms with van der Waals surface area (Å²) in [7, 11) is 0. The van der Waals surface area contributed by atoms with Gasteiger partial charge in [-0.1, -0.05) is 18.2 Å². The number of anilines is 1. The van der Waals surface area contributed by atoms with E-state index in [1.807, 2.05) is 38.2 Å². The minimum absolute atomic E-state index is 0.764. The second-order valence-corrected chi connectivity index (χ2v) is 5.04. The third-order valence-corrected chi connectivity index (χ3v) is 3.47. The van der Waals surface area contributed by atoms with Crippen molar-refractivity contribution in [2.45, 2.75) is 20.8 Å². The molecule has 0 aliphatic rings. The van der Waals surface area contributed by atoms with Crippen LogP contribution in [0.2, 0.25) is 0 Å². The Balaban J connectivity index is 2.17. The Kier molecular flexibility index (Phi) is 3.52. The molecular weight excluding hydrogens is 260 g/mol. The summed E-state index contributed by atoms with van der Waals surface area (Å²) in [6, 6.07) is 10.2. The van der Waals surface area contributed by atoms with E-state index < -0.39 is 0 Å². The molecule has 1 N–H and O–H groups in total. The van der Waals surface area contributed by atoms with E-state index in [0.29, 0.717) is 0 Å². The molecule has 0 fully saturated rings. The van der Waals surface area contributed by atoms with Crippen molar-refractivity contribution in [1.82, 2.24) is 15.0 Å². The second kappa shape index (κ2) is 5.48. The first-order chi connectivity index (χ1) is 10.2. The molecule has 2 heterocycles. The van der Waals surface area contributed by atoms with E-state index in [0.717, 1.165) is 45.9 Å². The van der Waals surface area contributed by atoms with Gasteiger partial charge in [-0.25, -0.2) is 9.97 Å². The van der Waals surface area contributed by atoms with Crippen molar-refractivity contribution >= 4 is 16.7 Å². The molecule has 1 aromatic carbocycles. The van der Waals surface area contributed by atoms with E-state index in [-0.39, 0.29) is 0 Å². The minimum Gasteiger partial charge on any atom is -0.370 e. The van der Waals surface area contributed by atoms with Crippen molar-refractivity contribution in [3.63, 3.8) is 0 Å². The maximum Gasteiger partial charge on any atom is 0.133 e. The predicted octanol–water partition coefficient (Wildman–Crippen LogP) is 3.74. The van der Waals surface area contributed by atoms with Gasteiger partial charge in [0, 0.05) is 29.3 Å². The topological polar surface area (TPSA) is 50.7 Å². The van der Waals surface area contributed by atoms with Crippen LogP contribution in [-0.4, -0.2) is 21.5 Å². The van der Waals surface area contributed by atoms with Gasteiger partial charge < -0.3 is 5.32 Å². The van der Waals surface area contributed by atoms with Crippen LogP contribution in [0.15, 0.2) is 36.5 Å². The summed E-state index contributed by atoms with van der Waals surface area (Å²) in [5.74, 6) is 1.66. The summed E-state index contributed by atoms with van der Waals surface area (Å²) < 4.78 is 0. The third kappa shape index (κ3) is 2.57. The largest absolute Gasteiger partial charge is 0.370 e. The Labute approximate surface area is 124 Å². The Morgan fingerprint density at radius 1 is 1.10 bits per heavy atom. The lowest BCUT2D eigenvalue weighted by Gasteiger charge is -2.12. The smallest absolute Gasteiger partial charge is 0.133 e. The van der Waals surface area contributed by atoms with Crippen molar-refractivity contribution in [2.75, 3.05) is 11.9 Å². The molecule has 21 heavy (non-hydrogen) atoms. The number of aromatic nitrogens is 3. The lowest BCUT2D eigenvalue weighted by atomic mass is 10.1. The lowest BCUT2D eigenvalue weighted by molar-refractivity contribution is 1.02. The number of benzene rings is 1. The molecule has 4 nitrogen and oxygen atoms in total. The van der Waals surface area contributed by atoms with Gasteiger partial charge in [-0.05, 0) is 32.9 Å². The molecular formula is C17H18N4. The first-order valence-electron chi connectivity index (χ1n) is 7.13. The number of rotatable bonds is 3. The van der Waals surface area contributed by atoms with E-state index in [1.54, 1.807) is 0 Å². The van der Waals surface area contributed by atoms with E-state index in [9.17, 15) is 0 Å². The molecule has 0 amide bonds. The van der Waals surface area contributed by atoms with Crippen LogP contribution in [0, 0.1) is 13.8 Å². The van der Waals surface area contributed by atoms with Crippen molar-refractivity contribution in [1.29, 1.82) is 0 Å². The molecule has 0 spiro atoms. The molecule has 0 aliphatic carbocycles. The molecule has 0 aliphatic heterocycles. The fourth-order valence-electron chi connectivity index (χ4n) is 2.45. The van der Waals surface area contributed by atoms with Gasteiger partial charge >= 0.3 is 0 Å². The number of hydrogen-bond acceptors (Lipinski definition) is 4. The summed E-state index contributed by atoms with van der Waals surface area (Å²) in [4.78, 5) is 13.6. The zero-order chi connectivity index (χ0) is 14.8. The van der Waals surface area contributed by atoms with Crippen molar-refractivity contribution in [3.8, 4) is 11.3 Å². The summed E-state index contributed by atoms with van der Waals surface area (Å²) in [6.45, 7) is 6.86. The van der Waals surface area contributed by atoms with Crippen LogP contribution in [0.3, 0.4) is 0 Å². The SMILES string of the molecule is CCNc1nc(C)nc(-c2cnc3ccccc3c2)c1C. The number of aryl methyl sites for hydroxylation is 1. The predicted molar refractivity (Wildman–Crippen MR) is 86.4 cm³/mol. The quantitative estimate of drug-likeness (QED) is 0.793. The van der Waals surface area contributed by atoms with E-state index in [2.05, 4.69) is 39.3 Å². The van der Waals surface area contributed by atoms with E-state index in [1.165, 1.54) is 0 Å². The highest BCUT2D eigenvalue weighted by Gasteiger charge is 2.11. The van der Waals surface area contributed by atoms with Gasteiger partial charge in [-0.2, -0.15) is 0 Å². The molecule has 0 saturated carbocycles. The van der Waals surface area contributed by atoms with Crippen LogP contribution in [0.5, 0.6) is 0 Å². The Bertz CT molecular complexity index is 796. The van der Waals surface area contributed by atoms with Gasteiger partial charge in [-0.3, -0.25) is 4.98 Å². The highest BCUT2D eigenvalue weighted by Crippen LogP contribution is 2.27. The second-order valence-electron chi connectivity index (χ2n) is 5.04. The summed E-state index contributed by atoms with van der Waals surface area (Å²) in [5.41, 5.74) is 4.02. The normalized spacial score (nSPS) is 10.8. The van der Waals surface area contributed by atoms with Gasteiger partial charge in [0.2, 0.25) is 0 Å².